The summed E-state index contributed by atoms with van der Waals surface area (Å²) >= 11 is 0. The van der Waals surface area contributed by atoms with Crippen LogP contribution in [-0.4, -0.2) is 10.8 Å². The number of rotatable bonds is 2. The highest BCUT2D eigenvalue weighted by Crippen LogP contribution is 2.50. The summed E-state index contributed by atoms with van der Waals surface area (Å²) in [4.78, 5) is 21.5. The SMILES string of the molecule is CC(C(=O)[N+](=O)[O-])C1CCC2(CCc3ccccc32)CC1. The first kappa shape index (κ1) is 14.2. The zero-order chi connectivity index (χ0) is 15.0. The summed E-state index contributed by atoms with van der Waals surface area (Å²) in [5.74, 6) is -1.10. The molecule has 4 heteroatoms. The average Bonchev–Trinajstić information content (AvgIpc) is 2.86. The zero-order valence-electron chi connectivity index (χ0n) is 12.4. The molecular formula is C17H21NO3. The third-order valence-corrected chi connectivity index (χ3v) is 5.73. The molecule has 1 aromatic rings. The van der Waals surface area contributed by atoms with Crippen molar-refractivity contribution in [3.05, 3.63) is 45.5 Å². The number of aryl methyl sites for hydroxylation is 1. The van der Waals surface area contributed by atoms with E-state index in [2.05, 4.69) is 24.3 Å². The number of nitrogens with zero attached hydrogens (tertiary/aromatic N) is 1. The van der Waals surface area contributed by atoms with Crippen molar-refractivity contribution < 1.29 is 9.72 Å². The lowest BCUT2D eigenvalue weighted by molar-refractivity contribution is -0.407. The third kappa shape index (κ3) is 2.37. The normalized spacial score (nSPS) is 29.1. The summed E-state index contributed by atoms with van der Waals surface area (Å²) in [5, 5.41) is 10.7. The lowest BCUT2D eigenvalue weighted by atomic mass is 9.65. The van der Waals surface area contributed by atoms with Crippen molar-refractivity contribution in [2.45, 2.75) is 50.9 Å². The van der Waals surface area contributed by atoms with Crippen molar-refractivity contribution in [1.29, 1.82) is 0 Å². The van der Waals surface area contributed by atoms with E-state index in [1.54, 1.807) is 6.92 Å². The van der Waals surface area contributed by atoms with Crippen LogP contribution in [0.25, 0.3) is 0 Å². The molecule has 0 aliphatic heterocycles. The van der Waals surface area contributed by atoms with Gasteiger partial charge in [-0.15, -0.1) is 0 Å². The molecule has 3 rings (SSSR count). The van der Waals surface area contributed by atoms with Crippen LogP contribution in [0.15, 0.2) is 24.3 Å². The minimum atomic E-state index is -0.817. The molecule has 2 aliphatic rings. The molecule has 0 N–H and O–H groups in total. The van der Waals surface area contributed by atoms with E-state index >= 15 is 0 Å². The van der Waals surface area contributed by atoms with Crippen LogP contribution in [0, 0.1) is 22.0 Å². The van der Waals surface area contributed by atoms with Gasteiger partial charge in [0.25, 0.3) is 0 Å². The number of carbonyl (C=O) groups excluding carboxylic acids is 1. The average molecular weight is 287 g/mol. The Balaban J connectivity index is 1.72. The van der Waals surface area contributed by atoms with Crippen LogP contribution in [0.1, 0.15) is 50.2 Å². The maximum atomic E-state index is 11.6. The maximum absolute atomic E-state index is 11.6. The zero-order valence-corrected chi connectivity index (χ0v) is 12.4. The van der Waals surface area contributed by atoms with Gasteiger partial charge >= 0.3 is 5.91 Å². The van der Waals surface area contributed by atoms with Gasteiger partial charge in [0.1, 0.15) is 4.92 Å². The fourth-order valence-electron chi connectivity index (χ4n) is 4.34. The number of fused-ring (bicyclic) bond motifs is 2. The molecule has 1 amide bonds. The monoisotopic (exact) mass is 287 g/mol. The Morgan fingerprint density at radius 1 is 1.29 bits per heavy atom. The molecule has 0 aromatic heterocycles. The van der Waals surface area contributed by atoms with Crippen molar-refractivity contribution in [3.63, 3.8) is 0 Å². The van der Waals surface area contributed by atoms with Crippen LogP contribution in [0.2, 0.25) is 0 Å². The van der Waals surface area contributed by atoms with Gasteiger partial charge in [-0.1, -0.05) is 24.3 Å². The van der Waals surface area contributed by atoms with Crippen molar-refractivity contribution in [1.82, 2.24) is 0 Å². The first-order chi connectivity index (χ1) is 10.0. The minimum absolute atomic E-state index is 0.168. The van der Waals surface area contributed by atoms with Crippen LogP contribution in [-0.2, 0) is 16.6 Å². The molecule has 0 saturated heterocycles. The van der Waals surface area contributed by atoms with E-state index in [0.717, 1.165) is 32.1 Å². The molecule has 4 nitrogen and oxygen atoms in total. The third-order valence-electron chi connectivity index (χ3n) is 5.73. The van der Waals surface area contributed by atoms with Gasteiger partial charge in [0.15, 0.2) is 0 Å². The predicted octanol–water partition coefficient (Wildman–Crippen LogP) is 3.50. The second-order valence-electron chi connectivity index (χ2n) is 6.66. The highest BCUT2D eigenvalue weighted by molar-refractivity contribution is 5.70. The van der Waals surface area contributed by atoms with Crippen LogP contribution in [0.4, 0.5) is 0 Å². The lowest BCUT2D eigenvalue weighted by Gasteiger charge is -2.39. The van der Waals surface area contributed by atoms with E-state index in [1.807, 2.05) is 0 Å². The van der Waals surface area contributed by atoms with E-state index in [4.69, 9.17) is 0 Å². The number of nitro groups is 1. The van der Waals surface area contributed by atoms with Crippen molar-refractivity contribution in [3.8, 4) is 0 Å². The molecule has 1 saturated carbocycles. The molecule has 0 bridgehead atoms. The summed E-state index contributed by atoms with van der Waals surface area (Å²) in [7, 11) is 0. The Bertz CT molecular complexity index is 573. The standard InChI is InChI=1S/C17H21NO3/c1-12(16(19)18(20)21)13-6-9-17(10-7-13)11-8-14-4-2-3-5-15(14)17/h2-5,12-13H,6-11H2,1H3. The van der Waals surface area contributed by atoms with Crippen molar-refractivity contribution >= 4 is 5.91 Å². The minimum Gasteiger partial charge on any atom is -0.256 e. The lowest BCUT2D eigenvalue weighted by Crippen LogP contribution is -2.35. The van der Waals surface area contributed by atoms with Gasteiger partial charge in [-0.3, -0.25) is 10.1 Å². The van der Waals surface area contributed by atoms with Crippen LogP contribution >= 0.6 is 0 Å². The predicted molar refractivity (Wildman–Crippen MR) is 79.6 cm³/mol. The second-order valence-corrected chi connectivity index (χ2v) is 6.66. The number of hydrogen-bond acceptors (Lipinski definition) is 3. The Morgan fingerprint density at radius 3 is 2.62 bits per heavy atom. The largest absolute Gasteiger partial charge is 0.447 e. The van der Waals surface area contributed by atoms with Gasteiger partial charge in [-0.25, -0.2) is 4.79 Å². The quantitative estimate of drug-likeness (QED) is 0.618. The summed E-state index contributed by atoms with van der Waals surface area (Å²) in [6.45, 7) is 1.72. The highest BCUT2D eigenvalue weighted by atomic mass is 16.6. The van der Waals surface area contributed by atoms with Gasteiger partial charge in [0.05, 0.1) is 5.92 Å². The number of benzene rings is 1. The fourth-order valence-corrected chi connectivity index (χ4v) is 4.34. The molecule has 0 radical (unpaired) electrons. The van der Waals surface area contributed by atoms with Gasteiger partial charge in [-0.2, -0.15) is 0 Å². The Hall–Kier alpha value is -1.71. The first-order valence-corrected chi connectivity index (χ1v) is 7.80. The van der Waals surface area contributed by atoms with Crippen molar-refractivity contribution in [2.24, 2.45) is 11.8 Å². The van der Waals surface area contributed by atoms with E-state index in [-0.39, 0.29) is 11.3 Å². The Morgan fingerprint density at radius 2 is 1.95 bits per heavy atom. The molecule has 1 atom stereocenters. The first-order valence-electron chi connectivity index (χ1n) is 7.80. The molecule has 1 spiro atoms. The second kappa shape index (κ2) is 5.24. The highest BCUT2D eigenvalue weighted by Gasteiger charge is 2.44. The van der Waals surface area contributed by atoms with Gasteiger partial charge in [0, 0.05) is 0 Å². The van der Waals surface area contributed by atoms with Gasteiger partial charge in [0.2, 0.25) is 0 Å². The van der Waals surface area contributed by atoms with E-state index in [0.29, 0.717) is 0 Å². The molecule has 1 fully saturated rings. The molecule has 1 aromatic carbocycles. The van der Waals surface area contributed by atoms with Gasteiger partial charge in [-0.05, 0) is 67.9 Å². The van der Waals surface area contributed by atoms with Crippen LogP contribution < -0.4 is 0 Å². The summed E-state index contributed by atoms with van der Waals surface area (Å²) in [6.07, 6.45) is 6.30. The molecule has 21 heavy (non-hydrogen) atoms. The molecule has 1 unspecified atom stereocenters. The molecule has 2 aliphatic carbocycles. The van der Waals surface area contributed by atoms with Crippen LogP contribution in [0.5, 0.6) is 0 Å². The van der Waals surface area contributed by atoms with E-state index in [9.17, 15) is 14.9 Å². The maximum Gasteiger partial charge on any atom is 0.447 e. The Kier molecular flexibility index (Phi) is 3.56. The fraction of sp³-hybridized carbons (Fsp3) is 0.588. The Labute approximate surface area is 124 Å². The molecule has 112 valence electrons. The number of amides is 1. The topological polar surface area (TPSA) is 60.2 Å². The molecule has 0 heterocycles. The number of carbonyl (C=O) groups is 1. The summed E-state index contributed by atoms with van der Waals surface area (Å²) in [5.41, 5.74) is 3.21. The van der Waals surface area contributed by atoms with E-state index in [1.165, 1.54) is 17.5 Å². The summed E-state index contributed by atoms with van der Waals surface area (Å²) < 4.78 is 0. The van der Waals surface area contributed by atoms with E-state index < -0.39 is 16.7 Å². The van der Waals surface area contributed by atoms with Gasteiger partial charge < -0.3 is 0 Å². The molecular weight excluding hydrogens is 266 g/mol. The smallest absolute Gasteiger partial charge is 0.256 e. The van der Waals surface area contributed by atoms with Crippen LogP contribution in [0.3, 0.4) is 0 Å². The number of hydrogen-bond donors (Lipinski definition) is 0. The summed E-state index contributed by atoms with van der Waals surface area (Å²) in [6, 6.07) is 8.67. The van der Waals surface area contributed by atoms with Crippen molar-refractivity contribution in [2.75, 3.05) is 0 Å².